The van der Waals surface area contributed by atoms with Crippen LogP contribution in [0.4, 0.5) is 0 Å². The van der Waals surface area contributed by atoms with Crippen LogP contribution in [0.1, 0.15) is 24.7 Å². The van der Waals surface area contributed by atoms with Crippen molar-refractivity contribution < 1.29 is 5.11 Å². The van der Waals surface area contributed by atoms with Crippen LogP contribution in [0.3, 0.4) is 0 Å². The highest BCUT2D eigenvalue weighted by Gasteiger charge is 2.10. The van der Waals surface area contributed by atoms with E-state index in [1.807, 2.05) is 22.9 Å². The summed E-state index contributed by atoms with van der Waals surface area (Å²) >= 11 is 6.08. The van der Waals surface area contributed by atoms with Gasteiger partial charge in [0.15, 0.2) is 0 Å². The van der Waals surface area contributed by atoms with Crippen LogP contribution in [0.2, 0.25) is 5.02 Å². The van der Waals surface area contributed by atoms with Crippen molar-refractivity contribution >= 4 is 11.6 Å². The van der Waals surface area contributed by atoms with Gasteiger partial charge in [0.1, 0.15) is 5.82 Å². The predicted molar refractivity (Wildman–Crippen MR) is 68.5 cm³/mol. The van der Waals surface area contributed by atoms with Crippen molar-refractivity contribution in [3.8, 4) is 5.69 Å². The van der Waals surface area contributed by atoms with Crippen LogP contribution in [-0.4, -0.2) is 14.7 Å². The van der Waals surface area contributed by atoms with Crippen molar-refractivity contribution in [3.05, 3.63) is 47.0 Å². The summed E-state index contributed by atoms with van der Waals surface area (Å²) in [4.78, 5) is 4.33. The summed E-state index contributed by atoms with van der Waals surface area (Å²) in [5, 5.41) is 9.99. The van der Waals surface area contributed by atoms with E-state index in [0.717, 1.165) is 29.9 Å². The van der Waals surface area contributed by atoms with Crippen molar-refractivity contribution in [3.63, 3.8) is 0 Å². The average molecular weight is 251 g/mol. The number of aryl methyl sites for hydroxylation is 1. The highest BCUT2D eigenvalue weighted by atomic mass is 35.5. The Kier molecular flexibility index (Phi) is 3.82. The monoisotopic (exact) mass is 250 g/mol. The van der Waals surface area contributed by atoms with Gasteiger partial charge < -0.3 is 9.67 Å². The summed E-state index contributed by atoms with van der Waals surface area (Å²) in [5.74, 6) is 0.990. The Morgan fingerprint density at radius 1 is 1.41 bits per heavy atom. The molecule has 0 radical (unpaired) electrons. The van der Waals surface area contributed by atoms with Crippen LogP contribution in [0.25, 0.3) is 5.69 Å². The molecule has 0 unspecified atom stereocenters. The number of benzene rings is 1. The first-order valence-electron chi connectivity index (χ1n) is 5.68. The molecule has 2 aromatic rings. The lowest BCUT2D eigenvalue weighted by atomic mass is 10.1. The normalized spacial score (nSPS) is 10.8. The lowest BCUT2D eigenvalue weighted by Gasteiger charge is -2.12. The van der Waals surface area contributed by atoms with E-state index in [1.54, 1.807) is 12.3 Å². The molecule has 0 atom stereocenters. The number of rotatable bonds is 4. The van der Waals surface area contributed by atoms with E-state index < -0.39 is 0 Å². The first kappa shape index (κ1) is 12.1. The molecule has 17 heavy (non-hydrogen) atoms. The summed E-state index contributed by atoms with van der Waals surface area (Å²) in [6.07, 6.45) is 5.61. The molecule has 0 aliphatic carbocycles. The molecule has 0 saturated carbocycles. The quantitative estimate of drug-likeness (QED) is 0.906. The van der Waals surface area contributed by atoms with Gasteiger partial charge in [-0.25, -0.2) is 4.98 Å². The maximum absolute atomic E-state index is 9.40. The maximum Gasteiger partial charge on any atom is 0.113 e. The van der Waals surface area contributed by atoms with Gasteiger partial charge in [-0.3, -0.25) is 0 Å². The van der Waals surface area contributed by atoms with Crippen LogP contribution < -0.4 is 0 Å². The van der Waals surface area contributed by atoms with Crippen molar-refractivity contribution in [2.45, 2.75) is 26.4 Å². The number of aliphatic hydroxyl groups excluding tert-OH is 1. The largest absolute Gasteiger partial charge is 0.392 e. The van der Waals surface area contributed by atoms with Crippen LogP contribution in [0, 0.1) is 0 Å². The fourth-order valence-electron chi connectivity index (χ4n) is 1.89. The van der Waals surface area contributed by atoms with E-state index in [-0.39, 0.29) is 6.61 Å². The van der Waals surface area contributed by atoms with Crippen LogP contribution >= 0.6 is 11.6 Å². The zero-order chi connectivity index (χ0) is 12.3. The molecule has 0 amide bonds. The molecule has 0 bridgehead atoms. The van der Waals surface area contributed by atoms with Gasteiger partial charge >= 0.3 is 0 Å². The Bertz CT molecular complexity index is 508. The van der Waals surface area contributed by atoms with Crippen LogP contribution in [0.15, 0.2) is 30.6 Å². The third-order valence-electron chi connectivity index (χ3n) is 2.70. The third kappa shape index (κ3) is 2.35. The van der Waals surface area contributed by atoms with Crippen molar-refractivity contribution in [2.75, 3.05) is 0 Å². The SMILES string of the molecule is CCCc1nccn1-c1cccc(Cl)c1CO. The lowest BCUT2D eigenvalue weighted by molar-refractivity contribution is 0.281. The molecule has 3 nitrogen and oxygen atoms in total. The highest BCUT2D eigenvalue weighted by molar-refractivity contribution is 6.31. The van der Waals surface area contributed by atoms with Crippen LogP contribution in [-0.2, 0) is 13.0 Å². The van der Waals surface area contributed by atoms with Gasteiger partial charge in [0.25, 0.3) is 0 Å². The molecule has 2 rings (SSSR count). The second-order valence-corrected chi connectivity index (χ2v) is 4.27. The summed E-state index contributed by atoms with van der Waals surface area (Å²) in [6, 6.07) is 5.61. The minimum absolute atomic E-state index is 0.0707. The lowest BCUT2D eigenvalue weighted by Crippen LogP contribution is -2.04. The van der Waals surface area contributed by atoms with E-state index in [0.29, 0.717) is 5.02 Å². The second kappa shape index (κ2) is 5.34. The molecule has 0 aliphatic heterocycles. The molecule has 1 N–H and O–H groups in total. The minimum atomic E-state index is -0.0707. The van der Waals surface area contributed by atoms with Gasteiger partial charge in [-0.2, -0.15) is 0 Å². The van der Waals surface area contributed by atoms with Crippen LogP contribution in [0.5, 0.6) is 0 Å². The number of halogens is 1. The molecular formula is C13H15ClN2O. The molecule has 1 heterocycles. The van der Waals surface area contributed by atoms with Gasteiger partial charge in [-0.1, -0.05) is 24.6 Å². The summed E-state index contributed by atoms with van der Waals surface area (Å²) in [6.45, 7) is 2.04. The number of hydrogen-bond acceptors (Lipinski definition) is 2. The van der Waals surface area contributed by atoms with Gasteiger partial charge in [0.2, 0.25) is 0 Å². The number of imidazole rings is 1. The topological polar surface area (TPSA) is 38.0 Å². The number of hydrogen-bond donors (Lipinski definition) is 1. The van der Waals surface area contributed by atoms with Gasteiger partial charge in [-0.15, -0.1) is 0 Å². The Morgan fingerprint density at radius 3 is 2.94 bits per heavy atom. The van der Waals surface area contributed by atoms with Crippen molar-refractivity contribution in [1.82, 2.24) is 9.55 Å². The zero-order valence-corrected chi connectivity index (χ0v) is 10.5. The van der Waals surface area contributed by atoms with Crippen molar-refractivity contribution in [1.29, 1.82) is 0 Å². The van der Waals surface area contributed by atoms with E-state index in [1.165, 1.54) is 0 Å². The zero-order valence-electron chi connectivity index (χ0n) is 9.73. The van der Waals surface area contributed by atoms with E-state index >= 15 is 0 Å². The summed E-state index contributed by atoms with van der Waals surface area (Å²) in [7, 11) is 0. The van der Waals surface area contributed by atoms with E-state index in [4.69, 9.17) is 11.6 Å². The number of nitrogens with zero attached hydrogens (tertiary/aromatic N) is 2. The molecule has 1 aromatic carbocycles. The Morgan fingerprint density at radius 2 is 2.24 bits per heavy atom. The molecule has 0 fully saturated rings. The Labute approximate surface area is 106 Å². The van der Waals surface area contributed by atoms with Gasteiger partial charge in [0.05, 0.1) is 12.3 Å². The fourth-order valence-corrected chi connectivity index (χ4v) is 2.12. The fraction of sp³-hybridized carbons (Fsp3) is 0.308. The molecule has 0 aliphatic rings. The second-order valence-electron chi connectivity index (χ2n) is 3.86. The summed E-state index contributed by atoms with van der Waals surface area (Å²) in [5.41, 5.74) is 1.64. The van der Waals surface area contributed by atoms with E-state index in [9.17, 15) is 5.11 Å². The minimum Gasteiger partial charge on any atom is -0.392 e. The molecule has 90 valence electrons. The summed E-state index contributed by atoms with van der Waals surface area (Å²) < 4.78 is 1.99. The van der Waals surface area contributed by atoms with E-state index in [2.05, 4.69) is 11.9 Å². The molecular weight excluding hydrogens is 236 g/mol. The predicted octanol–water partition coefficient (Wildman–Crippen LogP) is 2.97. The number of aromatic nitrogens is 2. The standard InChI is InChI=1S/C13H15ClN2O/c1-2-4-13-15-7-8-16(13)12-6-3-5-11(14)10(12)9-17/h3,5-8,17H,2,4,9H2,1H3. The molecule has 0 saturated heterocycles. The maximum atomic E-state index is 9.40. The van der Waals surface area contributed by atoms with Gasteiger partial charge in [0, 0.05) is 29.4 Å². The smallest absolute Gasteiger partial charge is 0.113 e. The first-order valence-corrected chi connectivity index (χ1v) is 6.06. The average Bonchev–Trinajstić information content (AvgIpc) is 2.77. The highest BCUT2D eigenvalue weighted by Crippen LogP contribution is 2.24. The third-order valence-corrected chi connectivity index (χ3v) is 3.06. The number of aliphatic hydroxyl groups is 1. The molecule has 1 aromatic heterocycles. The molecule has 4 heteroatoms. The first-order chi connectivity index (χ1) is 8.27. The Hall–Kier alpha value is -1.32. The van der Waals surface area contributed by atoms with Gasteiger partial charge in [-0.05, 0) is 18.6 Å². The molecule has 0 spiro atoms. The Balaban J connectivity index is 2.52. The van der Waals surface area contributed by atoms with Crippen molar-refractivity contribution in [2.24, 2.45) is 0 Å².